The van der Waals surface area contributed by atoms with Crippen LogP contribution in [0.2, 0.25) is 0 Å². The topological polar surface area (TPSA) is 35.5 Å². The second kappa shape index (κ2) is 7.88. The number of rotatable bonds is 3. The van der Waals surface area contributed by atoms with Crippen LogP contribution < -0.4 is 0 Å². The number of allylic oxidation sites excluding steroid dienone is 4. The van der Waals surface area contributed by atoms with Crippen molar-refractivity contribution >= 4 is 5.97 Å². The minimum absolute atomic E-state index is 0.115. The number of methoxy groups -OCH3 is 2. The zero-order valence-corrected chi connectivity index (χ0v) is 14.8. The summed E-state index contributed by atoms with van der Waals surface area (Å²) in [4.78, 5) is 11.4. The van der Waals surface area contributed by atoms with E-state index in [1.165, 1.54) is 12.7 Å². The van der Waals surface area contributed by atoms with E-state index in [0.717, 1.165) is 30.6 Å². The molecular formula is C21H24O3. The molecule has 24 heavy (non-hydrogen) atoms. The second-order valence-corrected chi connectivity index (χ2v) is 6.45. The summed E-state index contributed by atoms with van der Waals surface area (Å²) in [6.07, 6.45) is 7.24. The number of carbonyl (C=O) groups excluding carboxylic acids is 1. The molecule has 0 saturated heterocycles. The fourth-order valence-electron chi connectivity index (χ4n) is 2.93. The van der Waals surface area contributed by atoms with E-state index in [-0.39, 0.29) is 11.4 Å². The van der Waals surface area contributed by atoms with Crippen molar-refractivity contribution in [1.29, 1.82) is 0 Å². The summed E-state index contributed by atoms with van der Waals surface area (Å²) in [6, 6.07) is 7.07. The molecule has 0 spiro atoms. The van der Waals surface area contributed by atoms with Gasteiger partial charge in [-0.1, -0.05) is 25.7 Å². The molecule has 0 amide bonds. The maximum absolute atomic E-state index is 11.4. The first-order valence-electron chi connectivity index (χ1n) is 8.12. The van der Waals surface area contributed by atoms with Crippen LogP contribution in [0.1, 0.15) is 49.0 Å². The second-order valence-electron chi connectivity index (χ2n) is 6.45. The average molecular weight is 324 g/mol. The lowest BCUT2D eigenvalue weighted by atomic mass is 9.74. The van der Waals surface area contributed by atoms with Gasteiger partial charge in [0.25, 0.3) is 0 Å². The highest BCUT2D eigenvalue weighted by molar-refractivity contribution is 5.89. The van der Waals surface area contributed by atoms with Crippen LogP contribution >= 0.6 is 0 Å². The van der Waals surface area contributed by atoms with Gasteiger partial charge in [-0.3, -0.25) is 0 Å². The van der Waals surface area contributed by atoms with E-state index < -0.39 is 0 Å². The van der Waals surface area contributed by atoms with Crippen molar-refractivity contribution in [3.05, 3.63) is 58.9 Å². The molecule has 1 aromatic rings. The summed E-state index contributed by atoms with van der Waals surface area (Å²) < 4.78 is 10.2. The maximum Gasteiger partial charge on any atom is 0.337 e. The van der Waals surface area contributed by atoms with Gasteiger partial charge in [-0.05, 0) is 60.2 Å². The zero-order valence-electron chi connectivity index (χ0n) is 14.8. The molecule has 0 bridgehead atoms. The van der Waals surface area contributed by atoms with Crippen LogP contribution in [0.3, 0.4) is 0 Å². The largest absolute Gasteiger partial charge is 0.501 e. The van der Waals surface area contributed by atoms with E-state index in [9.17, 15) is 4.79 Å². The highest BCUT2D eigenvalue weighted by Gasteiger charge is 2.28. The lowest BCUT2D eigenvalue weighted by molar-refractivity contribution is 0.0600. The summed E-state index contributed by atoms with van der Waals surface area (Å²) in [5, 5.41) is 0. The highest BCUT2D eigenvalue weighted by atomic mass is 16.5. The molecule has 3 heteroatoms. The molecule has 126 valence electrons. The van der Waals surface area contributed by atoms with Gasteiger partial charge < -0.3 is 9.47 Å². The van der Waals surface area contributed by atoms with Gasteiger partial charge in [0.15, 0.2) is 0 Å². The molecule has 0 aromatic heterocycles. The third-order valence-corrected chi connectivity index (χ3v) is 4.34. The maximum atomic E-state index is 11.4. The van der Waals surface area contributed by atoms with Crippen molar-refractivity contribution in [3.8, 4) is 11.8 Å². The highest BCUT2D eigenvalue weighted by Crippen LogP contribution is 2.40. The van der Waals surface area contributed by atoms with Gasteiger partial charge in [-0.2, -0.15) is 0 Å². The molecule has 0 N–H and O–H groups in total. The fraction of sp³-hybridized carbons (Fsp3) is 0.381. The molecule has 0 fully saturated rings. The van der Waals surface area contributed by atoms with Crippen molar-refractivity contribution in [2.75, 3.05) is 14.2 Å². The summed E-state index contributed by atoms with van der Waals surface area (Å²) in [6.45, 7) is 4.48. The standard InChI is InChI=1S/C21H24O3/c1-21(2)15-7-10-19(23-3)18(21)9-6-5-8-16-11-13-17(14-12-16)20(22)24-4/h6,9,11-14H,7,10,15H2,1-4H3/b9-6+. The lowest BCUT2D eigenvalue weighted by Crippen LogP contribution is -2.20. The van der Waals surface area contributed by atoms with Crippen molar-refractivity contribution in [3.63, 3.8) is 0 Å². The predicted octanol–water partition coefficient (Wildman–Crippen LogP) is 4.49. The van der Waals surface area contributed by atoms with Crippen LogP contribution in [-0.2, 0) is 9.47 Å². The van der Waals surface area contributed by atoms with Gasteiger partial charge in [0, 0.05) is 12.0 Å². The Balaban J connectivity index is 2.13. The first kappa shape index (κ1) is 17.9. The SMILES string of the molecule is COC(=O)c1ccc(C#C/C=C/C2=C(OC)CCCC2(C)C)cc1. The van der Waals surface area contributed by atoms with E-state index in [1.54, 1.807) is 19.2 Å². The normalized spacial score (nSPS) is 16.5. The minimum atomic E-state index is -0.340. The van der Waals surface area contributed by atoms with Crippen molar-refractivity contribution < 1.29 is 14.3 Å². The monoisotopic (exact) mass is 324 g/mol. The van der Waals surface area contributed by atoms with Crippen LogP contribution in [0.25, 0.3) is 0 Å². The number of ether oxygens (including phenoxy) is 2. The molecule has 0 aliphatic heterocycles. The number of esters is 1. The van der Waals surface area contributed by atoms with Crippen molar-refractivity contribution in [2.45, 2.75) is 33.1 Å². The minimum Gasteiger partial charge on any atom is -0.501 e. The Labute approximate surface area is 144 Å². The molecule has 0 heterocycles. The van der Waals surface area contributed by atoms with E-state index in [0.29, 0.717) is 5.56 Å². The third-order valence-electron chi connectivity index (χ3n) is 4.34. The Hall–Kier alpha value is -2.47. The van der Waals surface area contributed by atoms with Crippen molar-refractivity contribution in [1.82, 2.24) is 0 Å². The van der Waals surface area contributed by atoms with Gasteiger partial charge >= 0.3 is 5.97 Å². The van der Waals surface area contributed by atoms with E-state index in [4.69, 9.17) is 4.74 Å². The average Bonchev–Trinajstić information content (AvgIpc) is 2.59. The van der Waals surface area contributed by atoms with Crippen LogP contribution in [0.5, 0.6) is 0 Å². The molecular weight excluding hydrogens is 300 g/mol. The van der Waals surface area contributed by atoms with Crippen LogP contribution in [0, 0.1) is 17.3 Å². The number of benzene rings is 1. The van der Waals surface area contributed by atoms with Crippen LogP contribution in [0.4, 0.5) is 0 Å². The van der Waals surface area contributed by atoms with Gasteiger partial charge in [-0.25, -0.2) is 4.79 Å². The summed E-state index contributed by atoms with van der Waals surface area (Å²) in [7, 11) is 3.11. The van der Waals surface area contributed by atoms with Crippen LogP contribution in [-0.4, -0.2) is 20.2 Å². The molecule has 3 nitrogen and oxygen atoms in total. The Morgan fingerprint density at radius 2 is 1.92 bits per heavy atom. The number of hydrogen-bond acceptors (Lipinski definition) is 3. The van der Waals surface area contributed by atoms with Gasteiger partial charge in [0.05, 0.1) is 25.5 Å². The Morgan fingerprint density at radius 3 is 2.54 bits per heavy atom. The Morgan fingerprint density at radius 1 is 1.21 bits per heavy atom. The zero-order chi connectivity index (χ0) is 17.6. The quantitative estimate of drug-likeness (QED) is 0.607. The smallest absolute Gasteiger partial charge is 0.337 e. The molecule has 0 radical (unpaired) electrons. The van der Waals surface area contributed by atoms with E-state index >= 15 is 0 Å². The lowest BCUT2D eigenvalue weighted by Gasteiger charge is -2.32. The molecule has 1 aromatic carbocycles. The van der Waals surface area contributed by atoms with Crippen molar-refractivity contribution in [2.24, 2.45) is 5.41 Å². The molecule has 0 unspecified atom stereocenters. The van der Waals surface area contributed by atoms with E-state index in [2.05, 4.69) is 36.5 Å². The predicted molar refractivity (Wildman–Crippen MR) is 95.5 cm³/mol. The van der Waals surface area contributed by atoms with E-state index in [1.807, 2.05) is 18.2 Å². The number of hydrogen-bond donors (Lipinski definition) is 0. The summed E-state index contributed by atoms with van der Waals surface area (Å²) in [5.74, 6) is 6.86. The molecule has 0 saturated carbocycles. The Bertz CT molecular complexity index is 710. The van der Waals surface area contributed by atoms with Gasteiger partial charge in [-0.15, -0.1) is 0 Å². The Kier molecular flexibility index (Phi) is 5.87. The van der Waals surface area contributed by atoms with Gasteiger partial charge in [0.1, 0.15) is 0 Å². The molecule has 1 aliphatic rings. The summed E-state index contributed by atoms with van der Waals surface area (Å²) >= 11 is 0. The fourth-order valence-corrected chi connectivity index (χ4v) is 2.93. The first-order valence-corrected chi connectivity index (χ1v) is 8.12. The van der Waals surface area contributed by atoms with Crippen LogP contribution in [0.15, 0.2) is 47.7 Å². The number of carbonyl (C=O) groups is 1. The third kappa shape index (κ3) is 4.29. The summed E-state index contributed by atoms with van der Waals surface area (Å²) in [5.41, 5.74) is 2.73. The molecule has 1 aliphatic carbocycles. The first-order chi connectivity index (χ1) is 11.5. The van der Waals surface area contributed by atoms with Gasteiger partial charge in [0.2, 0.25) is 0 Å². The molecule has 2 rings (SSSR count). The molecule has 0 atom stereocenters.